The zero-order valence-corrected chi connectivity index (χ0v) is 17.4. The largest absolute Gasteiger partial charge is 0.494 e. The van der Waals surface area contributed by atoms with Crippen molar-refractivity contribution >= 4 is 15.7 Å². The van der Waals surface area contributed by atoms with Gasteiger partial charge in [-0.2, -0.15) is 0 Å². The predicted molar refractivity (Wildman–Crippen MR) is 118 cm³/mol. The van der Waals surface area contributed by atoms with Gasteiger partial charge in [0.05, 0.1) is 35.4 Å². The number of benzene rings is 3. The zero-order chi connectivity index (χ0) is 21.1. The number of rotatable bonds is 6. The SMILES string of the molecule is COc1cc(NS(=O)(=O)c2ccc(-c3ccccc3)cc2)ccc1-n1cnc(C)c1. The van der Waals surface area contributed by atoms with Gasteiger partial charge in [-0.25, -0.2) is 13.4 Å². The fourth-order valence-electron chi connectivity index (χ4n) is 3.18. The Morgan fingerprint density at radius 2 is 1.63 bits per heavy atom. The fraction of sp³-hybridized carbons (Fsp3) is 0.0870. The molecule has 1 aromatic heterocycles. The molecule has 0 atom stereocenters. The van der Waals surface area contributed by atoms with Crippen LogP contribution in [0.5, 0.6) is 5.75 Å². The van der Waals surface area contributed by atoms with Crippen molar-refractivity contribution in [2.45, 2.75) is 11.8 Å². The van der Waals surface area contributed by atoms with Crippen LogP contribution in [-0.2, 0) is 10.0 Å². The first-order valence-electron chi connectivity index (χ1n) is 9.33. The molecule has 0 saturated carbocycles. The molecule has 3 aromatic carbocycles. The van der Waals surface area contributed by atoms with Crippen molar-refractivity contribution in [1.29, 1.82) is 0 Å². The van der Waals surface area contributed by atoms with Crippen LogP contribution < -0.4 is 9.46 Å². The van der Waals surface area contributed by atoms with Crippen LogP contribution in [-0.4, -0.2) is 25.1 Å². The first kappa shape index (κ1) is 19.7. The first-order chi connectivity index (χ1) is 14.5. The van der Waals surface area contributed by atoms with E-state index in [0.717, 1.165) is 22.5 Å². The van der Waals surface area contributed by atoms with E-state index in [1.807, 2.05) is 48.0 Å². The Balaban J connectivity index is 1.58. The number of aromatic nitrogens is 2. The number of sulfonamides is 1. The molecule has 1 heterocycles. The second kappa shape index (κ2) is 8.04. The number of nitrogens with zero attached hydrogens (tertiary/aromatic N) is 2. The Kier molecular flexibility index (Phi) is 5.29. The standard InChI is InChI=1S/C23H21N3O3S/c1-17-15-26(16-24-17)22-13-10-20(14-23(22)29-2)25-30(27,28)21-11-8-19(9-12-21)18-6-4-3-5-7-18/h3-16,25H,1-2H3. The molecule has 1 N–H and O–H groups in total. The molecule has 0 aliphatic carbocycles. The van der Waals surface area contributed by atoms with E-state index in [9.17, 15) is 8.42 Å². The first-order valence-corrected chi connectivity index (χ1v) is 10.8. The quantitative estimate of drug-likeness (QED) is 0.493. The third kappa shape index (κ3) is 4.06. The second-order valence-electron chi connectivity index (χ2n) is 6.80. The molecule has 0 aliphatic rings. The van der Waals surface area contributed by atoms with Gasteiger partial charge in [0, 0.05) is 12.3 Å². The van der Waals surface area contributed by atoms with Crippen LogP contribution in [0.15, 0.2) is 90.2 Å². The van der Waals surface area contributed by atoms with Crippen LogP contribution in [0.4, 0.5) is 5.69 Å². The van der Waals surface area contributed by atoms with Crippen molar-refractivity contribution in [2.24, 2.45) is 0 Å². The molecule has 30 heavy (non-hydrogen) atoms. The molecule has 0 spiro atoms. The minimum atomic E-state index is -3.74. The highest BCUT2D eigenvalue weighted by Gasteiger charge is 2.16. The van der Waals surface area contributed by atoms with Crippen molar-refractivity contribution in [3.05, 3.63) is 91.0 Å². The van der Waals surface area contributed by atoms with Crippen molar-refractivity contribution < 1.29 is 13.2 Å². The van der Waals surface area contributed by atoms with Crippen LogP contribution in [0.25, 0.3) is 16.8 Å². The van der Waals surface area contributed by atoms with Crippen molar-refractivity contribution in [2.75, 3.05) is 11.8 Å². The molecule has 0 fully saturated rings. The summed E-state index contributed by atoms with van der Waals surface area (Å²) in [5.41, 5.74) is 4.05. The summed E-state index contributed by atoms with van der Waals surface area (Å²) in [7, 11) is -2.19. The number of aryl methyl sites for hydroxylation is 1. The lowest BCUT2D eigenvalue weighted by Gasteiger charge is -2.13. The van der Waals surface area contributed by atoms with Gasteiger partial charge in [0.2, 0.25) is 0 Å². The maximum Gasteiger partial charge on any atom is 0.261 e. The van der Waals surface area contributed by atoms with Crippen LogP contribution in [0, 0.1) is 6.92 Å². The summed E-state index contributed by atoms with van der Waals surface area (Å²) < 4.78 is 35.6. The topological polar surface area (TPSA) is 73.2 Å². The zero-order valence-electron chi connectivity index (χ0n) is 16.6. The van der Waals surface area contributed by atoms with Crippen LogP contribution in [0.2, 0.25) is 0 Å². The van der Waals surface area contributed by atoms with Crippen molar-refractivity contribution in [3.63, 3.8) is 0 Å². The summed E-state index contributed by atoms with van der Waals surface area (Å²) in [6, 6.07) is 21.8. The number of nitrogens with one attached hydrogen (secondary N) is 1. The Bertz CT molecular complexity index is 1260. The van der Waals surface area contributed by atoms with Gasteiger partial charge in [-0.15, -0.1) is 0 Å². The minimum Gasteiger partial charge on any atom is -0.494 e. The average Bonchev–Trinajstić information content (AvgIpc) is 3.20. The van der Waals surface area contributed by atoms with Gasteiger partial charge >= 0.3 is 0 Å². The minimum absolute atomic E-state index is 0.190. The lowest BCUT2D eigenvalue weighted by molar-refractivity contribution is 0.413. The van der Waals surface area contributed by atoms with Crippen LogP contribution in [0.1, 0.15) is 5.69 Å². The summed E-state index contributed by atoms with van der Waals surface area (Å²) in [6.45, 7) is 1.90. The normalized spacial score (nSPS) is 11.3. The van der Waals surface area contributed by atoms with E-state index < -0.39 is 10.0 Å². The van der Waals surface area contributed by atoms with Gasteiger partial charge in [-0.05, 0) is 42.3 Å². The molecule has 4 rings (SSSR count). The van der Waals surface area contributed by atoms with Crippen molar-refractivity contribution in [1.82, 2.24) is 9.55 Å². The van der Waals surface area contributed by atoms with Crippen molar-refractivity contribution in [3.8, 4) is 22.6 Å². The summed E-state index contributed by atoms with van der Waals surface area (Å²) in [5.74, 6) is 0.534. The molecular weight excluding hydrogens is 398 g/mol. The monoisotopic (exact) mass is 419 g/mol. The van der Waals surface area contributed by atoms with Gasteiger partial charge in [-0.1, -0.05) is 42.5 Å². The second-order valence-corrected chi connectivity index (χ2v) is 8.49. The van der Waals surface area contributed by atoms with Gasteiger partial charge in [0.15, 0.2) is 0 Å². The summed E-state index contributed by atoms with van der Waals surface area (Å²) in [6.07, 6.45) is 3.56. The summed E-state index contributed by atoms with van der Waals surface area (Å²) in [5, 5.41) is 0. The number of anilines is 1. The molecule has 7 heteroatoms. The van der Waals surface area contributed by atoms with E-state index in [0.29, 0.717) is 11.4 Å². The van der Waals surface area contributed by atoms with E-state index >= 15 is 0 Å². The van der Waals surface area contributed by atoms with Gasteiger partial charge < -0.3 is 9.30 Å². The van der Waals surface area contributed by atoms with Crippen LogP contribution >= 0.6 is 0 Å². The third-order valence-corrected chi connectivity index (χ3v) is 6.09. The molecule has 0 bridgehead atoms. The van der Waals surface area contributed by atoms with E-state index in [4.69, 9.17) is 4.74 Å². The number of methoxy groups -OCH3 is 1. The fourth-order valence-corrected chi connectivity index (χ4v) is 4.23. The van der Waals surface area contributed by atoms with Gasteiger partial charge in [0.25, 0.3) is 10.0 Å². The van der Waals surface area contributed by atoms with Gasteiger partial charge in [0.1, 0.15) is 5.75 Å². The molecule has 0 radical (unpaired) electrons. The van der Waals surface area contributed by atoms with E-state index in [1.54, 1.807) is 55.9 Å². The molecule has 6 nitrogen and oxygen atoms in total. The smallest absolute Gasteiger partial charge is 0.261 e. The Labute approximate surface area is 175 Å². The number of hydrogen-bond acceptors (Lipinski definition) is 4. The lowest BCUT2D eigenvalue weighted by atomic mass is 10.1. The molecule has 0 saturated heterocycles. The highest BCUT2D eigenvalue weighted by Crippen LogP contribution is 2.28. The summed E-state index contributed by atoms with van der Waals surface area (Å²) in [4.78, 5) is 4.40. The number of imidazole rings is 1. The maximum absolute atomic E-state index is 12.8. The van der Waals surface area contributed by atoms with E-state index in [-0.39, 0.29) is 4.90 Å². The maximum atomic E-state index is 12.8. The number of hydrogen-bond donors (Lipinski definition) is 1. The third-order valence-electron chi connectivity index (χ3n) is 4.69. The highest BCUT2D eigenvalue weighted by atomic mass is 32.2. The predicted octanol–water partition coefficient (Wildman–Crippen LogP) is 4.66. The highest BCUT2D eigenvalue weighted by molar-refractivity contribution is 7.92. The lowest BCUT2D eigenvalue weighted by Crippen LogP contribution is -2.13. The molecule has 4 aromatic rings. The Morgan fingerprint density at radius 1 is 0.933 bits per heavy atom. The van der Waals surface area contributed by atoms with E-state index in [1.165, 1.54) is 0 Å². The van der Waals surface area contributed by atoms with Crippen LogP contribution in [0.3, 0.4) is 0 Å². The van der Waals surface area contributed by atoms with E-state index in [2.05, 4.69) is 9.71 Å². The number of ether oxygens (including phenoxy) is 1. The average molecular weight is 420 g/mol. The molecule has 0 amide bonds. The Hall–Kier alpha value is -3.58. The molecule has 0 aliphatic heterocycles. The molecular formula is C23H21N3O3S. The van der Waals surface area contributed by atoms with Gasteiger partial charge in [-0.3, -0.25) is 4.72 Å². The summed E-state index contributed by atoms with van der Waals surface area (Å²) >= 11 is 0. The molecule has 0 unspecified atom stereocenters. The molecule has 152 valence electrons. The Morgan fingerprint density at radius 3 is 2.27 bits per heavy atom.